The lowest BCUT2D eigenvalue weighted by atomic mass is 10.2. The van der Waals surface area contributed by atoms with Gasteiger partial charge in [0.25, 0.3) is 0 Å². The van der Waals surface area contributed by atoms with Gasteiger partial charge in [0.05, 0.1) is 11.4 Å². The maximum absolute atomic E-state index is 13.4. The summed E-state index contributed by atoms with van der Waals surface area (Å²) in [5.74, 6) is -3.22. The second-order valence-electron chi connectivity index (χ2n) is 3.61. The highest BCUT2D eigenvalue weighted by Gasteiger charge is 2.11. The van der Waals surface area contributed by atoms with Gasteiger partial charge in [-0.15, -0.1) is 0 Å². The zero-order valence-electron chi connectivity index (χ0n) is 8.98. The molecule has 0 saturated carbocycles. The van der Waals surface area contributed by atoms with Crippen molar-refractivity contribution in [3.05, 3.63) is 52.3 Å². The SMILES string of the molecule is Nc1ccc(Nc2cc(F)c(F)cc2F)c(Br)c1. The van der Waals surface area contributed by atoms with Gasteiger partial charge in [0, 0.05) is 22.3 Å². The fourth-order valence-corrected chi connectivity index (χ4v) is 1.89. The van der Waals surface area contributed by atoms with E-state index in [-0.39, 0.29) is 5.69 Å². The van der Waals surface area contributed by atoms with Gasteiger partial charge in [0.2, 0.25) is 0 Å². The Kier molecular flexibility index (Phi) is 3.47. The van der Waals surface area contributed by atoms with Gasteiger partial charge in [-0.2, -0.15) is 0 Å². The first kappa shape index (κ1) is 12.8. The third kappa shape index (κ3) is 2.59. The van der Waals surface area contributed by atoms with Crippen molar-refractivity contribution >= 4 is 33.0 Å². The molecule has 0 aliphatic carbocycles. The van der Waals surface area contributed by atoms with E-state index in [1.165, 1.54) is 0 Å². The van der Waals surface area contributed by atoms with E-state index in [4.69, 9.17) is 5.73 Å². The number of hydrogen-bond acceptors (Lipinski definition) is 2. The van der Waals surface area contributed by atoms with Gasteiger partial charge in [-0.3, -0.25) is 0 Å². The Hall–Kier alpha value is -1.69. The van der Waals surface area contributed by atoms with Crippen molar-refractivity contribution in [1.29, 1.82) is 0 Å². The van der Waals surface area contributed by atoms with Crippen LogP contribution in [0.25, 0.3) is 0 Å². The number of rotatable bonds is 2. The summed E-state index contributed by atoms with van der Waals surface area (Å²) < 4.78 is 39.8. The Labute approximate surface area is 110 Å². The van der Waals surface area contributed by atoms with Crippen molar-refractivity contribution in [1.82, 2.24) is 0 Å². The van der Waals surface area contributed by atoms with Crippen LogP contribution < -0.4 is 11.1 Å². The van der Waals surface area contributed by atoms with Crippen LogP contribution in [-0.4, -0.2) is 0 Å². The second-order valence-corrected chi connectivity index (χ2v) is 4.46. The van der Waals surface area contributed by atoms with Crippen LogP contribution in [0.3, 0.4) is 0 Å². The molecule has 0 unspecified atom stereocenters. The highest BCUT2D eigenvalue weighted by atomic mass is 79.9. The Morgan fingerprint density at radius 1 is 0.889 bits per heavy atom. The number of benzene rings is 2. The third-order valence-electron chi connectivity index (χ3n) is 2.27. The first-order chi connectivity index (χ1) is 8.47. The van der Waals surface area contributed by atoms with E-state index in [9.17, 15) is 13.2 Å². The summed E-state index contributed by atoms with van der Waals surface area (Å²) in [4.78, 5) is 0. The van der Waals surface area contributed by atoms with Crippen LogP contribution in [0.5, 0.6) is 0 Å². The van der Waals surface area contributed by atoms with Crippen molar-refractivity contribution in [2.75, 3.05) is 11.1 Å². The summed E-state index contributed by atoms with van der Waals surface area (Å²) in [5.41, 5.74) is 6.42. The highest BCUT2D eigenvalue weighted by molar-refractivity contribution is 9.10. The maximum atomic E-state index is 13.4. The average Bonchev–Trinajstić information content (AvgIpc) is 2.29. The Morgan fingerprint density at radius 2 is 1.56 bits per heavy atom. The van der Waals surface area contributed by atoms with Crippen molar-refractivity contribution in [3.8, 4) is 0 Å². The molecule has 2 rings (SSSR count). The van der Waals surface area contributed by atoms with Gasteiger partial charge in [-0.05, 0) is 34.1 Å². The van der Waals surface area contributed by atoms with Crippen LogP contribution in [0.1, 0.15) is 0 Å². The minimum atomic E-state index is -1.23. The van der Waals surface area contributed by atoms with Crippen molar-refractivity contribution in [2.45, 2.75) is 0 Å². The zero-order valence-corrected chi connectivity index (χ0v) is 10.6. The lowest BCUT2D eigenvalue weighted by molar-refractivity contribution is 0.496. The van der Waals surface area contributed by atoms with E-state index in [1.54, 1.807) is 18.2 Å². The topological polar surface area (TPSA) is 38.0 Å². The van der Waals surface area contributed by atoms with Crippen LogP contribution in [-0.2, 0) is 0 Å². The Morgan fingerprint density at radius 3 is 2.22 bits per heavy atom. The molecule has 0 fully saturated rings. The molecule has 3 N–H and O–H groups in total. The van der Waals surface area contributed by atoms with E-state index in [0.717, 1.165) is 6.07 Å². The summed E-state index contributed by atoms with van der Waals surface area (Å²) in [6, 6.07) is 6.06. The number of anilines is 3. The van der Waals surface area contributed by atoms with Crippen molar-refractivity contribution < 1.29 is 13.2 Å². The number of nitrogens with one attached hydrogen (secondary N) is 1. The van der Waals surface area contributed by atoms with Crippen molar-refractivity contribution in [2.24, 2.45) is 0 Å². The third-order valence-corrected chi connectivity index (χ3v) is 2.93. The van der Waals surface area contributed by atoms with E-state index in [2.05, 4.69) is 21.2 Å². The van der Waals surface area contributed by atoms with Crippen LogP contribution >= 0.6 is 15.9 Å². The predicted molar refractivity (Wildman–Crippen MR) is 68.2 cm³/mol. The maximum Gasteiger partial charge on any atom is 0.161 e. The molecule has 6 heteroatoms. The van der Waals surface area contributed by atoms with Gasteiger partial charge in [0.15, 0.2) is 11.6 Å². The molecule has 94 valence electrons. The molecule has 0 saturated heterocycles. The minimum Gasteiger partial charge on any atom is -0.399 e. The van der Waals surface area contributed by atoms with Crippen molar-refractivity contribution in [3.63, 3.8) is 0 Å². The molecule has 2 aromatic carbocycles. The quantitative estimate of drug-likeness (QED) is 0.644. The molecule has 0 aliphatic rings. The van der Waals surface area contributed by atoms with Crippen LogP contribution in [0, 0.1) is 17.5 Å². The molecular formula is C12H8BrF3N2. The normalized spacial score (nSPS) is 10.4. The molecule has 0 radical (unpaired) electrons. The lowest BCUT2D eigenvalue weighted by Crippen LogP contribution is -1.98. The van der Waals surface area contributed by atoms with E-state index >= 15 is 0 Å². The van der Waals surface area contributed by atoms with Gasteiger partial charge >= 0.3 is 0 Å². The Bertz CT molecular complexity index is 602. The smallest absolute Gasteiger partial charge is 0.161 e. The number of nitrogens with two attached hydrogens (primary N) is 1. The average molecular weight is 317 g/mol. The fraction of sp³-hybridized carbons (Fsp3) is 0. The van der Waals surface area contributed by atoms with E-state index in [1.807, 2.05) is 0 Å². The predicted octanol–water partition coefficient (Wildman–Crippen LogP) is 4.19. The van der Waals surface area contributed by atoms with Crippen LogP contribution in [0.15, 0.2) is 34.8 Å². The minimum absolute atomic E-state index is 0.153. The lowest BCUT2D eigenvalue weighted by Gasteiger charge is -2.10. The number of nitrogen functional groups attached to an aromatic ring is 1. The summed E-state index contributed by atoms with van der Waals surface area (Å²) in [7, 11) is 0. The fourth-order valence-electron chi connectivity index (χ4n) is 1.40. The van der Waals surface area contributed by atoms with Gasteiger partial charge < -0.3 is 11.1 Å². The molecular weight excluding hydrogens is 309 g/mol. The standard InChI is InChI=1S/C12H8BrF3N2/c13-7-3-6(17)1-2-11(7)18-12-5-9(15)8(14)4-10(12)16/h1-5,18H,17H2. The second kappa shape index (κ2) is 4.89. The molecule has 0 bridgehead atoms. The summed E-state index contributed by atoms with van der Waals surface area (Å²) in [5, 5.41) is 2.65. The monoisotopic (exact) mass is 316 g/mol. The molecule has 2 aromatic rings. The van der Waals surface area contributed by atoms with Gasteiger partial charge in [-0.1, -0.05) is 0 Å². The van der Waals surface area contributed by atoms with E-state index in [0.29, 0.717) is 21.9 Å². The molecule has 0 amide bonds. The molecule has 0 aliphatic heterocycles. The summed E-state index contributed by atoms with van der Waals surface area (Å²) >= 11 is 3.23. The first-order valence-electron chi connectivity index (χ1n) is 4.94. The summed E-state index contributed by atoms with van der Waals surface area (Å²) in [6.07, 6.45) is 0. The van der Waals surface area contributed by atoms with Gasteiger partial charge in [-0.25, -0.2) is 13.2 Å². The molecule has 0 spiro atoms. The van der Waals surface area contributed by atoms with E-state index < -0.39 is 17.5 Å². The molecule has 2 nitrogen and oxygen atoms in total. The van der Waals surface area contributed by atoms with Crippen LogP contribution in [0.2, 0.25) is 0 Å². The summed E-state index contributed by atoms with van der Waals surface area (Å²) in [6.45, 7) is 0. The largest absolute Gasteiger partial charge is 0.399 e. The first-order valence-corrected chi connectivity index (χ1v) is 5.73. The number of hydrogen-bond donors (Lipinski definition) is 2. The molecule has 18 heavy (non-hydrogen) atoms. The van der Waals surface area contributed by atoms with Crippen LogP contribution in [0.4, 0.5) is 30.2 Å². The molecule has 0 heterocycles. The molecule has 0 atom stereocenters. The number of halogens is 4. The molecule has 0 aromatic heterocycles. The zero-order chi connectivity index (χ0) is 13.3. The van der Waals surface area contributed by atoms with Gasteiger partial charge in [0.1, 0.15) is 5.82 Å². The highest BCUT2D eigenvalue weighted by Crippen LogP contribution is 2.29. The Balaban J connectivity index is 2.37.